The van der Waals surface area contributed by atoms with Gasteiger partial charge >= 0.3 is 0 Å². The van der Waals surface area contributed by atoms with Crippen LogP contribution in [0.1, 0.15) is 16.9 Å². The van der Waals surface area contributed by atoms with Gasteiger partial charge in [-0.05, 0) is 61.4 Å². The zero-order valence-electron chi connectivity index (χ0n) is 15.3. The van der Waals surface area contributed by atoms with E-state index in [2.05, 4.69) is 26.5 Å². The number of ether oxygens (including phenoxy) is 1. The number of nitrogens with one attached hydrogen (secondary N) is 1. The molecule has 144 valence electrons. The number of halogens is 2. The highest BCUT2D eigenvalue weighted by atomic mass is 79.9. The number of nitrogens with zero attached hydrogens (tertiary/aromatic N) is 1. The minimum atomic E-state index is -0.374. The fourth-order valence-corrected chi connectivity index (χ4v) is 2.90. The fourth-order valence-electron chi connectivity index (χ4n) is 2.53. The van der Waals surface area contributed by atoms with Crippen molar-refractivity contribution in [2.75, 3.05) is 6.61 Å². The summed E-state index contributed by atoms with van der Waals surface area (Å²) in [5.41, 5.74) is 5.16. The molecule has 1 heterocycles. The quantitative estimate of drug-likeness (QED) is 0.389. The molecule has 28 heavy (non-hydrogen) atoms. The minimum absolute atomic E-state index is 0.153. The van der Waals surface area contributed by atoms with Gasteiger partial charge in [0.1, 0.15) is 17.3 Å². The Morgan fingerprint density at radius 2 is 1.86 bits per heavy atom. The molecule has 0 atom stereocenters. The van der Waals surface area contributed by atoms with Gasteiger partial charge in [-0.2, -0.15) is 5.10 Å². The maximum Gasteiger partial charge on any atom is 0.277 e. The molecule has 0 bridgehead atoms. The van der Waals surface area contributed by atoms with Crippen LogP contribution in [0.5, 0.6) is 5.75 Å². The second kappa shape index (κ2) is 9.08. The highest BCUT2D eigenvalue weighted by Crippen LogP contribution is 2.26. The molecule has 0 aliphatic carbocycles. The smallest absolute Gasteiger partial charge is 0.277 e. The summed E-state index contributed by atoms with van der Waals surface area (Å²) in [5, 5.41) is 4.59. The molecular weight excluding hydrogens is 444 g/mol. The molecule has 2 aromatic carbocycles. The molecule has 0 fully saturated rings. The van der Waals surface area contributed by atoms with E-state index in [1.54, 1.807) is 18.2 Å². The van der Waals surface area contributed by atoms with Gasteiger partial charge < -0.3 is 9.15 Å². The summed E-state index contributed by atoms with van der Waals surface area (Å²) in [6, 6.07) is 15.0. The predicted molar refractivity (Wildman–Crippen MR) is 114 cm³/mol. The van der Waals surface area contributed by atoms with Crippen molar-refractivity contribution in [3.05, 3.63) is 74.9 Å². The fraction of sp³-hybridized carbons (Fsp3) is 0.143. The Labute approximate surface area is 176 Å². The van der Waals surface area contributed by atoms with Crippen LogP contribution >= 0.6 is 27.5 Å². The van der Waals surface area contributed by atoms with Gasteiger partial charge in [-0.1, -0.05) is 39.7 Å². The number of hydrogen-bond donors (Lipinski definition) is 1. The average molecular weight is 462 g/mol. The first-order valence-corrected chi connectivity index (χ1v) is 9.66. The first-order valence-electron chi connectivity index (χ1n) is 8.49. The molecule has 0 radical (unpaired) electrons. The molecule has 3 rings (SSSR count). The van der Waals surface area contributed by atoms with E-state index in [1.165, 1.54) is 6.21 Å². The zero-order valence-corrected chi connectivity index (χ0v) is 17.7. The lowest BCUT2D eigenvalue weighted by Gasteiger charge is -2.09. The monoisotopic (exact) mass is 460 g/mol. The molecule has 0 unspecified atom stereocenters. The number of hydrogen-bond acceptors (Lipinski definition) is 4. The maximum atomic E-state index is 11.9. The Hall–Kier alpha value is -2.57. The van der Waals surface area contributed by atoms with Crippen molar-refractivity contribution in [3.8, 4) is 17.1 Å². The largest absolute Gasteiger partial charge is 0.484 e. The summed E-state index contributed by atoms with van der Waals surface area (Å²) in [5.74, 6) is 1.46. The molecule has 0 spiro atoms. The van der Waals surface area contributed by atoms with Crippen LogP contribution in [0.25, 0.3) is 11.3 Å². The summed E-state index contributed by atoms with van der Waals surface area (Å²) in [6.07, 6.45) is 1.44. The van der Waals surface area contributed by atoms with Crippen molar-refractivity contribution in [2.24, 2.45) is 5.10 Å². The summed E-state index contributed by atoms with van der Waals surface area (Å²) in [7, 11) is 0. The molecule has 1 aromatic heterocycles. The Balaban J connectivity index is 1.52. The van der Waals surface area contributed by atoms with Crippen LogP contribution in [0.15, 0.2) is 62.5 Å². The minimum Gasteiger partial charge on any atom is -0.484 e. The van der Waals surface area contributed by atoms with Gasteiger partial charge in [-0.25, -0.2) is 5.43 Å². The number of furan rings is 1. The molecular formula is C21H18BrClN2O3. The van der Waals surface area contributed by atoms with Crippen molar-refractivity contribution in [1.82, 2.24) is 5.43 Å². The van der Waals surface area contributed by atoms with E-state index in [4.69, 9.17) is 20.8 Å². The van der Waals surface area contributed by atoms with Crippen molar-refractivity contribution < 1.29 is 13.9 Å². The first kappa shape index (κ1) is 20.2. The molecule has 5 nitrogen and oxygen atoms in total. The number of carbonyl (C=O) groups excluding carboxylic acids is 1. The number of amides is 1. The lowest BCUT2D eigenvalue weighted by atomic mass is 10.1. The summed E-state index contributed by atoms with van der Waals surface area (Å²) in [4.78, 5) is 11.9. The van der Waals surface area contributed by atoms with Crippen LogP contribution in [0.2, 0.25) is 5.02 Å². The average Bonchev–Trinajstić information content (AvgIpc) is 3.14. The van der Waals surface area contributed by atoms with Crippen LogP contribution < -0.4 is 10.2 Å². The van der Waals surface area contributed by atoms with E-state index in [0.29, 0.717) is 16.5 Å². The van der Waals surface area contributed by atoms with E-state index < -0.39 is 0 Å². The maximum absolute atomic E-state index is 11.9. The van der Waals surface area contributed by atoms with Crippen LogP contribution in [-0.4, -0.2) is 18.7 Å². The van der Waals surface area contributed by atoms with Crippen LogP contribution in [0.4, 0.5) is 0 Å². The zero-order chi connectivity index (χ0) is 20.1. The summed E-state index contributed by atoms with van der Waals surface area (Å²) >= 11 is 9.52. The highest BCUT2D eigenvalue weighted by molar-refractivity contribution is 9.10. The van der Waals surface area contributed by atoms with Crippen molar-refractivity contribution in [3.63, 3.8) is 0 Å². The van der Waals surface area contributed by atoms with Crippen molar-refractivity contribution >= 4 is 39.7 Å². The second-order valence-electron chi connectivity index (χ2n) is 6.16. The molecule has 7 heteroatoms. The molecule has 0 saturated carbocycles. The number of hydrazone groups is 1. The van der Waals surface area contributed by atoms with E-state index in [9.17, 15) is 4.79 Å². The number of benzene rings is 2. The predicted octanol–water partition coefficient (Wildman–Crippen LogP) is 5.51. The van der Waals surface area contributed by atoms with E-state index >= 15 is 0 Å². The summed E-state index contributed by atoms with van der Waals surface area (Å²) in [6.45, 7) is 3.62. The van der Waals surface area contributed by atoms with Crippen molar-refractivity contribution in [2.45, 2.75) is 13.8 Å². The third-order valence-electron chi connectivity index (χ3n) is 3.92. The topological polar surface area (TPSA) is 63.8 Å². The second-order valence-corrected chi connectivity index (χ2v) is 7.46. The van der Waals surface area contributed by atoms with Gasteiger partial charge in [0.25, 0.3) is 5.91 Å². The molecule has 0 aliphatic heterocycles. The first-order chi connectivity index (χ1) is 13.4. The highest BCUT2D eigenvalue weighted by Gasteiger charge is 2.07. The molecule has 3 aromatic rings. The third kappa shape index (κ3) is 5.24. The normalized spacial score (nSPS) is 11.0. The summed E-state index contributed by atoms with van der Waals surface area (Å²) < 4.78 is 12.2. The van der Waals surface area contributed by atoms with Crippen LogP contribution in [-0.2, 0) is 4.79 Å². The molecule has 0 saturated heterocycles. The molecule has 1 amide bonds. The lowest BCUT2D eigenvalue weighted by Crippen LogP contribution is -2.24. The Morgan fingerprint density at radius 3 is 2.54 bits per heavy atom. The number of carbonyl (C=O) groups is 1. The van der Waals surface area contributed by atoms with E-state index in [-0.39, 0.29) is 12.5 Å². The van der Waals surface area contributed by atoms with Gasteiger partial charge in [-0.3, -0.25) is 4.79 Å². The van der Waals surface area contributed by atoms with Gasteiger partial charge in [0, 0.05) is 15.1 Å². The number of aryl methyl sites for hydroxylation is 2. The van der Waals surface area contributed by atoms with Gasteiger partial charge in [0.2, 0.25) is 0 Å². The van der Waals surface area contributed by atoms with Gasteiger partial charge in [-0.15, -0.1) is 0 Å². The van der Waals surface area contributed by atoms with Crippen LogP contribution in [0.3, 0.4) is 0 Å². The Bertz CT molecular complexity index is 990. The molecule has 0 aliphatic rings. The number of rotatable bonds is 6. The Kier molecular flexibility index (Phi) is 6.54. The van der Waals surface area contributed by atoms with Crippen molar-refractivity contribution in [1.29, 1.82) is 0 Å². The van der Waals surface area contributed by atoms with E-state index in [1.807, 2.05) is 44.2 Å². The van der Waals surface area contributed by atoms with Gasteiger partial charge in [0.15, 0.2) is 6.61 Å². The molecule has 1 N–H and O–H groups in total. The Morgan fingerprint density at radius 1 is 1.18 bits per heavy atom. The van der Waals surface area contributed by atoms with Gasteiger partial charge in [0.05, 0.1) is 6.21 Å². The standard InChI is InChI=1S/C21H18BrClN2O3/c1-13-9-18(10-14(2)21(13)23)27-12-20(26)25-24-11-17-7-8-19(28-17)15-3-5-16(22)6-4-15/h3-11H,12H2,1-2H3,(H,25,26)/b24-11-. The lowest BCUT2D eigenvalue weighted by molar-refractivity contribution is -0.123. The van der Waals surface area contributed by atoms with Crippen LogP contribution in [0, 0.1) is 13.8 Å². The third-order valence-corrected chi connectivity index (χ3v) is 5.04. The van der Waals surface area contributed by atoms with E-state index in [0.717, 1.165) is 26.9 Å². The SMILES string of the molecule is Cc1cc(OCC(=O)N/N=C\c2ccc(-c3ccc(Br)cc3)o2)cc(C)c1Cl.